The third kappa shape index (κ3) is 4.44. The molecule has 0 unspecified atom stereocenters. The number of benzene rings is 1. The lowest BCUT2D eigenvalue weighted by atomic mass is 10.2. The van der Waals surface area contributed by atoms with E-state index in [0.717, 1.165) is 20.9 Å². The normalized spacial score (nSPS) is 10.2. The van der Waals surface area contributed by atoms with Crippen molar-refractivity contribution in [2.24, 2.45) is 0 Å². The van der Waals surface area contributed by atoms with E-state index in [9.17, 15) is 4.79 Å². The zero-order valence-electron chi connectivity index (χ0n) is 10.1. The molecule has 5 heteroatoms. The van der Waals surface area contributed by atoms with Crippen LogP contribution in [0, 0.1) is 0 Å². The molecule has 0 aliphatic rings. The van der Waals surface area contributed by atoms with E-state index >= 15 is 0 Å². The zero-order chi connectivity index (χ0) is 13.7. The van der Waals surface area contributed by atoms with Crippen molar-refractivity contribution >= 4 is 37.8 Å². The molecule has 1 aromatic heterocycles. The minimum absolute atomic E-state index is 0.0731. The van der Waals surface area contributed by atoms with Gasteiger partial charge in [0, 0.05) is 33.4 Å². The molecule has 19 heavy (non-hydrogen) atoms. The molecule has 2 rings (SSSR count). The lowest BCUT2D eigenvalue weighted by molar-refractivity contribution is 0.0954. The summed E-state index contributed by atoms with van der Waals surface area (Å²) >= 11 is 6.74. The van der Waals surface area contributed by atoms with Crippen molar-refractivity contribution in [3.8, 4) is 0 Å². The van der Waals surface area contributed by atoms with Crippen LogP contribution in [0.2, 0.25) is 0 Å². The maximum Gasteiger partial charge on any atom is 0.251 e. The van der Waals surface area contributed by atoms with Crippen molar-refractivity contribution < 1.29 is 4.79 Å². The first-order valence-corrected chi connectivity index (χ1v) is 7.37. The van der Waals surface area contributed by atoms with Gasteiger partial charge in [-0.3, -0.25) is 9.78 Å². The lowest BCUT2D eigenvalue weighted by Gasteiger charge is -2.06. The van der Waals surface area contributed by atoms with Gasteiger partial charge in [-0.1, -0.05) is 31.9 Å². The number of hydrogen-bond acceptors (Lipinski definition) is 2. The highest BCUT2D eigenvalue weighted by molar-refractivity contribution is 9.11. The maximum absolute atomic E-state index is 12.0. The van der Waals surface area contributed by atoms with Gasteiger partial charge in [0.15, 0.2) is 0 Å². The van der Waals surface area contributed by atoms with E-state index in [1.807, 2.05) is 18.2 Å². The number of rotatable bonds is 4. The molecule has 0 saturated heterocycles. The molecular formula is C14H12Br2N2O. The summed E-state index contributed by atoms with van der Waals surface area (Å²) in [6, 6.07) is 9.39. The quantitative estimate of drug-likeness (QED) is 0.876. The molecule has 98 valence electrons. The fourth-order valence-electron chi connectivity index (χ4n) is 1.66. The molecule has 0 bridgehead atoms. The molecule has 0 aliphatic heterocycles. The largest absolute Gasteiger partial charge is 0.352 e. The molecule has 1 aromatic carbocycles. The highest BCUT2D eigenvalue weighted by atomic mass is 79.9. The van der Waals surface area contributed by atoms with Crippen LogP contribution in [-0.4, -0.2) is 17.4 Å². The SMILES string of the molecule is O=C(NCCc1ccncc1)c1cc(Br)cc(Br)c1. The molecule has 2 aromatic rings. The van der Waals surface area contributed by atoms with Crippen LogP contribution >= 0.6 is 31.9 Å². The standard InChI is InChI=1S/C14H12Br2N2O/c15-12-7-11(8-13(16)9-12)14(19)18-6-3-10-1-4-17-5-2-10/h1-2,4-5,7-9H,3,6H2,(H,18,19). The van der Waals surface area contributed by atoms with Crippen LogP contribution < -0.4 is 5.32 Å². The fourth-order valence-corrected chi connectivity index (χ4v) is 2.95. The Labute approximate surface area is 128 Å². The minimum Gasteiger partial charge on any atom is -0.352 e. The molecule has 0 fully saturated rings. The summed E-state index contributed by atoms with van der Waals surface area (Å²) in [4.78, 5) is 15.9. The predicted molar refractivity (Wildman–Crippen MR) is 82.1 cm³/mol. The van der Waals surface area contributed by atoms with Crippen LogP contribution in [0.3, 0.4) is 0 Å². The number of nitrogens with one attached hydrogen (secondary N) is 1. The number of halogens is 2. The Morgan fingerprint density at radius 1 is 1.11 bits per heavy atom. The van der Waals surface area contributed by atoms with E-state index in [1.54, 1.807) is 24.5 Å². The van der Waals surface area contributed by atoms with E-state index in [0.29, 0.717) is 12.1 Å². The van der Waals surface area contributed by atoms with E-state index in [2.05, 4.69) is 42.2 Å². The van der Waals surface area contributed by atoms with Gasteiger partial charge in [0.05, 0.1) is 0 Å². The Hall–Kier alpha value is -1.20. The molecule has 0 atom stereocenters. The Kier molecular flexibility index (Phi) is 5.10. The van der Waals surface area contributed by atoms with Crippen LogP contribution in [0.4, 0.5) is 0 Å². The van der Waals surface area contributed by atoms with Crippen LogP contribution in [-0.2, 0) is 6.42 Å². The van der Waals surface area contributed by atoms with Crippen molar-refractivity contribution in [2.45, 2.75) is 6.42 Å². The summed E-state index contributed by atoms with van der Waals surface area (Å²) in [5.41, 5.74) is 1.79. The van der Waals surface area contributed by atoms with Crippen molar-refractivity contribution in [1.82, 2.24) is 10.3 Å². The number of pyridine rings is 1. The number of nitrogens with zero attached hydrogens (tertiary/aromatic N) is 1. The second-order valence-electron chi connectivity index (χ2n) is 4.02. The smallest absolute Gasteiger partial charge is 0.251 e. The first kappa shape index (κ1) is 14.2. The summed E-state index contributed by atoms with van der Waals surface area (Å²) in [7, 11) is 0. The summed E-state index contributed by atoms with van der Waals surface area (Å²) < 4.78 is 1.75. The molecule has 0 radical (unpaired) electrons. The van der Waals surface area contributed by atoms with Gasteiger partial charge in [-0.25, -0.2) is 0 Å². The van der Waals surface area contributed by atoms with Gasteiger partial charge in [0.2, 0.25) is 0 Å². The van der Waals surface area contributed by atoms with Crippen LogP contribution in [0.5, 0.6) is 0 Å². The van der Waals surface area contributed by atoms with Gasteiger partial charge in [-0.15, -0.1) is 0 Å². The number of amides is 1. The van der Waals surface area contributed by atoms with Gasteiger partial charge in [-0.05, 0) is 42.3 Å². The number of hydrogen-bond donors (Lipinski definition) is 1. The average Bonchev–Trinajstić information content (AvgIpc) is 2.38. The monoisotopic (exact) mass is 382 g/mol. The van der Waals surface area contributed by atoms with E-state index < -0.39 is 0 Å². The molecule has 1 heterocycles. The Balaban J connectivity index is 1.91. The van der Waals surface area contributed by atoms with Crippen molar-refractivity contribution in [3.05, 3.63) is 62.8 Å². The zero-order valence-corrected chi connectivity index (χ0v) is 13.2. The van der Waals surface area contributed by atoms with E-state index in [4.69, 9.17) is 0 Å². The van der Waals surface area contributed by atoms with Crippen LogP contribution in [0.15, 0.2) is 51.7 Å². The molecule has 1 amide bonds. The molecule has 0 aliphatic carbocycles. The summed E-state index contributed by atoms with van der Waals surface area (Å²) in [6.45, 7) is 0.604. The molecule has 0 spiro atoms. The molecule has 3 nitrogen and oxygen atoms in total. The van der Waals surface area contributed by atoms with E-state index in [-0.39, 0.29) is 5.91 Å². The van der Waals surface area contributed by atoms with E-state index in [1.165, 1.54) is 0 Å². The highest BCUT2D eigenvalue weighted by Gasteiger charge is 2.06. The summed E-state index contributed by atoms with van der Waals surface area (Å²) in [5.74, 6) is -0.0731. The van der Waals surface area contributed by atoms with Crippen LogP contribution in [0.25, 0.3) is 0 Å². The number of carbonyl (C=O) groups is 1. The average molecular weight is 384 g/mol. The molecule has 0 saturated carbocycles. The highest BCUT2D eigenvalue weighted by Crippen LogP contribution is 2.19. The summed E-state index contributed by atoms with van der Waals surface area (Å²) in [5, 5.41) is 2.90. The Morgan fingerprint density at radius 3 is 2.37 bits per heavy atom. The maximum atomic E-state index is 12.0. The number of aromatic nitrogens is 1. The topological polar surface area (TPSA) is 42.0 Å². The van der Waals surface area contributed by atoms with Gasteiger partial charge in [0.1, 0.15) is 0 Å². The summed E-state index contributed by atoms with van der Waals surface area (Å²) in [6.07, 6.45) is 4.30. The second-order valence-corrected chi connectivity index (χ2v) is 5.85. The minimum atomic E-state index is -0.0731. The third-order valence-corrected chi connectivity index (χ3v) is 3.49. The van der Waals surface area contributed by atoms with Crippen molar-refractivity contribution in [2.75, 3.05) is 6.54 Å². The molecule has 1 N–H and O–H groups in total. The first-order valence-electron chi connectivity index (χ1n) is 5.78. The predicted octanol–water partition coefficient (Wildman–Crippen LogP) is 3.58. The van der Waals surface area contributed by atoms with Crippen LogP contribution in [0.1, 0.15) is 15.9 Å². The lowest BCUT2D eigenvalue weighted by Crippen LogP contribution is -2.25. The Bertz CT molecular complexity index is 553. The first-order chi connectivity index (χ1) is 9.15. The fraction of sp³-hybridized carbons (Fsp3) is 0.143. The Morgan fingerprint density at radius 2 is 1.74 bits per heavy atom. The van der Waals surface area contributed by atoms with Gasteiger partial charge >= 0.3 is 0 Å². The van der Waals surface area contributed by atoms with Gasteiger partial charge in [-0.2, -0.15) is 0 Å². The second kappa shape index (κ2) is 6.82. The molecular weight excluding hydrogens is 372 g/mol. The van der Waals surface area contributed by atoms with Gasteiger partial charge < -0.3 is 5.32 Å². The number of carbonyl (C=O) groups excluding carboxylic acids is 1. The third-order valence-electron chi connectivity index (χ3n) is 2.57. The van der Waals surface area contributed by atoms with Crippen molar-refractivity contribution in [3.63, 3.8) is 0 Å². The van der Waals surface area contributed by atoms with Crippen molar-refractivity contribution in [1.29, 1.82) is 0 Å². The van der Waals surface area contributed by atoms with Gasteiger partial charge in [0.25, 0.3) is 5.91 Å².